The minimum Gasteiger partial charge on any atom is -0.453 e. The molecule has 0 radical (unpaired) electrons. The Morgan fingerprint density at radius 1 is 1.16 bits per heavy atom. The molecule has 4 aromatic rings. The number of rotatable bonds is 13. The lowest BCUT2D eigenvalue weighted by Crippen LogP contribution is -2.24. The number of ether oxygens (including phenoxy) is 1. The molecule has 0 saturated carbocycles. The number of aliphatic hydroxyl groups excluding tert-OH is 1. The molecule has 4 rings (SSSR count). The maximum atomic E-state index is 12.7. The van der Waals surface area contributed by atoms with Crippen molar-refractivity contribution >= 4 is 41.1 Å². The van der Waals surface area contributed by atoms with Gasteiger partial charge in [-0.1, -0.05) is 37.4 Å². The SMILES string of the molecule is CCCC[C@H](CO)Nc1cc(NC(=O)OC)ccc1-c1ccnc(CNC(=O)/C=C/c2cc(Cl)ccc2-n2cnnn2)c1. The number of tetrazole rings is 1. The molecule has 1 atom stereocenters. The average Bonchev–Trinajstić information content (AvgIpc) is 3.56. The Hall–Kier alpha value is -4.81. The number of unbranched alkanes of at least 4 members (excludes halogenated alkanes) is 1. The van der Waals surface area contributed by atoms with Gasteiger partial charge in [0, 0.05) is 45.8 Å². The van der Waals surface area contributed by atoms with Crippen molar-refractivity contribution in [2.24, 2.45) is 0 Å². The number of aromatic nitrogens is 5. The van der Waals surface area contributed by atoms with Gasteiger partial charge in [0.15, 0.2) is 0 Å². The molecule has 43 heavy (non-hydrogen) atoms. The molecule has 13 heteroatoms. The van der Waals surface area contributed by atoms with Crippen LogP contribution in [0, 0.1) is 0 Å². The number of nitrogens with one attached hydrogen (secondary N) is 3. The Bertz CT molecular complexity index is 1560. The third-order valence-electron chi connectivity index (χ3n) is 6.51. The third kappa shape index (κ3) is 8.84. The van der Waals surface area contributed by atoms with E-state index in [0.29, 0.717) is 27.7 Å². The molecule has 0 spiro atoms. The van der Waals surface area contributed by atoms with Crippen molar-refractivity contribution < 1.29 is 19.4 Å². The molecule has 12 nitrogen and oxygen atoms in total. The van der Waals surface area contributed by atoms with Crippen LogP contribution in [0.15, 0.2) is 67.1 Å². The van der Waals surface area contributed by atoms with E-state index in [2.05, 4.69) is 43.4 Å². The second-order valence-corrected chi connectivity index (χ2v) is 10.0. The van der Waals surface area contributed by atoms with Gasteiger partial charge in [0.1, 0.15) is 6.33 Å². The predicted octanol–water partition coefficient (Wildman–Crippen LogP) is 4.85. The average molecular weight is 605 g/mol. The van der Waals surface area contributed by atoms with E-state index in [4.69, 9.17) is 16.3 Å². The Kier molecular flexibility index (Phi) is 11.2. The van der Waals surface area contributed by atoms with Crippen LogP contribution in [0.1, 0.15) is 37.4 Å². The molecule has 4 N–H and O–H groups in total. The van der Waals surface area contributed by atoms with Crippen molar-refractivity contribution in [1.29, 1.82) is 0 Å². The first-order valence-electron chi connectivity index (χ1n) is 13.7. The Balaban J connectivity index is 1.50. The quantitative estimate of drug-likeness (QED) is 0.157. The molecule has 0 bridgehead atoms. The molecule has 224 valence electrons. The highest BCUT2D eigenvalue weighted by molar-refractivity contribution is 6.30. The first kappa shape index (κ1) is 31.1. The van der Waals surface area contributed by atoms with Gasteiger partial charge < -0.3 is 20.5 Å². The van der Waals surface area contributed by atoms with Gasteiger partial charge in [0.25, 0.3) is 0 Å². The van der Waals surface area contributed by atoms with Crippen molar-refractivity contribution in [3.63, 3.8) is 0 Å². The number of aliphatic hydroxyl groups is 1. The van der Waals surface area contributed by atoms with E-state index in [-0.39, 0.29) is 25.1 Å². The Morgan fingerprint density at radius 3 is 2.77 bits per heavy atom. The van der Waals surface area contributed by atoms with Crippen molar-refractivity contribution in [2.75, 3.05) is 24.4 Å². The fraction of sp³-hybridized carbons (Fsp3) is 0.267. The van der Waals surface area contributed by atoms with Crippen LogP contribution in [-0.2, 0) is 16.1 Å². The summed E-state index contributed by atoms with van der Waals surface area (Å²) in [5.74, 6) is -0.322. The van der Waals surface area contributed by atoms with Gasteiger partial charge in [-0.3, -0.25) is 15.1 Å². The maximum Gasteiger partial charge on any atom is 0.411 e. The third-order valence-corrected chi connectivity index (χ3v) is 6.74. The van der Waals surface area contributed by atoms with Crippen molar-refractivity contribution in [3.05, 3.63) is 83.4 Å². The first-order valence-corrected chi connectivity index (χ1v) is 14.1. The number of methoxy groups -OCH3 is 1. The lowest BCUT2D eigenvalue weighted by Gasteiger charge is -2.21. The molecular formula is C30H33ClN8O4. The second kappa shape index (κ2) is 15.4. The Labute approximate surface area is 254 Å². The van der Waals surface area contributed by atoms with Gasteiger partial charge in [-0.05, 0) is 71.0 Å². The van der Waals surface area contributed by atoms with Crippen LogP contribution in [0.5, 0.6) is 0 Å². The number of benzene rings is 2. The topological polar surface area (TPSA) is 156 Å². The number of hydrogen-bond donors (Lipinski definition) is 4. The fourth-order valence-electron chi connectivity index (χ4n) is 4.33. The summed E-state index contributed by atoms with van der Waals surface area (Å²) in [4.78, 5) is 28.9. The number of hydrogen-bond acceptors (Lipinski definition) is 9. The number of halogens is 1. The number of nitrogens with zero attached hydrogens (tertiary/aromatic N) is 5. The molecule has 0 aliphatic heterocycles. The number of carbonyl (C=O) groups excluding carboxylic acids is 2. The van der Waals surface area contributed by atoms with Gasteiger partial charge in [-0.15, -0.1) is 5.10 Å². The number of amides is 2. The predicted molar refractivity (Wildman–Crippen MR) is 165 cm³/mol. The van der Waals surface area contributed by atoms with Crippen LogP contribution >= 0.6 is 11.6 Å². The summed E-state index contributed by atoms with van der Waals surface area (Å²) >= 11 is 6.16. The minimum absolute atomic E-state index is 0.0400. The zero-order valence-electron chi connectivity index (χ0n) is 23.8. The van der Waals surface area contributed by atoms with Gasteiger partial charge in [0.05, 0.1) is 31.6 Å². The maximum absolute atomic E-state index is 12.7. The molecule has 2 amide bonds. The lowest BCUT2D eigenvalue weighted by molar-refractivity contribution is -0.116. The summed E-state index contributed by atoms with van der Waals surface area (Å²) in [6.07, 6.45) is 8.33. The number of pyridine rings is 1. The Morgan fingerprint density at radius 2 is 2.02 bits per heavy atom. The molecule has 0 aliphatic rings. The summed E-state index contributed by atoms with van der Waals surface area (Å²) in [7, 11) is 1.30. The monoisotopic (exact) mass is 604 g/mol. The van der Waals surface area contributed by atoms with Gasteiger partial charge in [-0.2, -0.15) is 4.68 Å². The van der Waals surface area contributed by atoms with Gasteiger partial charge in [0.2, 0.25) is 5.91 Å². The molecular weight excluding hydrogens is 572 g/mol. The fourth-order valence-corrected chi connectivity index (χ4v) is 4.51. The summed E-state index contributed by atoms with van der Waals surface area (Å²) < 4.78 is 6.21. The lowest BCUT2D eigenvalue weighted by atomic mass is 10.0. The highest BCUT2D eigenvalue weighted by Gasteiger charge is 2.14. The van der Waals surface area contributed by atoms with Crippen molar-refractivity contribution in [2.45, 2.75) is 38.8 Å². The summed E-state index contributed by atoms with van der Waals surface area (Å²) in [5, 5.41) is 30.6. The van der Waals surface area contributed by atoms with Gasteiger partial charge in [-0.25, -0.2) is 4.79 Å². The molecule has 2 heterocycles. The molecule has 0 aliphatic carbocycles. The summed E-state index contributed by atoms with van der Waals surface area (Å²) in [5.41, 5.74) is 4.94. The largest absolute Gasteiger partial charge is 0.453 e. The van der Waals surface area contributed by atoms with E-state index in [9.17, 15) is 14.7 Å². The molecule has 0 saturated heterocycles. The first-order chi connectivity index (χ1) is 20.9. The van der Waals surface area contributed by atoms with Crippen molar-refractivity contribution in [3.8, 4) is 16.8 Å². The highest BCUT2D eigenvalue weighted by atomic mass is 35.5. The molecule has 2 aromatic carbocycles. The zero-order valence-corrected chi connectivity index (χ0v) is 24.6. The van der Waals surface area contributed by atoms with Crippen LogP contribution < -0.4 is 16.0 Å². The van der Waals surface area contributed by atoms with E-state index in [0.717, 1.165) is 36.1 Å². The highest BCUT2D eigenvalue weighted by Crippen LogP contribution is 2.32. The molecule has 0 unspecified atom stereocenters. The van der Waals surface area contributed by atoms with E-state index < -0.39 is 6.09 Å². The van der Waals surface area contributed by atoms with Crippen LogP contribution in [0.25, 0.3) is 22.9 Å². The van der Waals surface area contributed by atoms with Crippen molar-refractivity contribution in [1.82, 2.24) is 30.5 Å². The second-order valence-electron chi connectivity index (χ2n) is 9.59. The molecule has 0 fully saturated rings. The smallest absolute Gasteiger partial charge is 0.411 e. The number of carbonyl (C=O) groups is 2. The normalized spacial score (nSPS) is 11.7. The van der Waals surface area contributed by atoms with Gasteiger partial charge >= 0.3 is 6.09 Å². The van der Waals surface area contributed by atoms with Crippen LogP contribution in [0.2, 0.25) is 5.02 Å². The zero-order chi connectivity index (χ0) is 30.6. The number of anilines is 2. The summed E-state index contributed by atoms with van der Waals surface area (Å²) in [6.45, 7) is 2.24. The molecule has 2 aromatic heterocycles. The van der Waals surface area contributed by atoms with Crippen LogP contribution in [-0.4, -0.2) is 62.1 Å². The van der Waals surface area contributed by atoms with E-state index in [1.807, 2.05) is 18.2 Å². The van der Waals surface area contributed by atoms with E-state index in [1.165, 1.54) is 24.2 Å². The van der Waals surface area contributed by atoms with E-state index in [1.54, 1.807) is 42.6 Å². The summed E-state index contributed by atoms with van der Waals surface area (Å²) in [6, 6.07) is 14.2. The minimum atomic E-state index is -0.582. The standard InChI is InChI=1S/C30H33ClN8O4/c1-3-4-5-24(18-40)35-27-16-23(36-30(42)43-2)8-9-26(27)20-12-13-32-25(15-20)17-33-29(41)11-6-21-14-22(31)7-10-28(21)39-19-34-37-38-39/h6-16,19,24,35,40H,3-5,17-18H2,1-2H3,(H,33,41)(H,36,42)/b11-6+/t24-/m1/s1. The van der Waals surface area contributed by atoms with Crippen LogP contribution in [0.4, 0.5) is 16.2 Å². The van der Waals surface area contributed by atoms with E-state index >= 15 is 0 Å². The van der Waals surface area contributed by atoms with Crippen LogP contribution in [0.3, 0.4) is 0 Å².